The van der Waals surface area contributed by atoms with Crippen molar-refractivity contribution in [1.29, 1.82) is 0 Å². The van der Waals surface area contributed by atoms with Crippen LogP contribution in [0.5, 0.6) is 0 Å². The van der Waals surface area contributed by atoms with Crippen LogP contribution in [0.15, 0.2) is 12.2 Å². The number of allylic oxidation sites excluding steroid dienone is 1. The number of rotatable bonds is 3. The van der Waals surface area contributed by atoms with E-state index in [-0.39, 0.29) is 10.8 Å². The van der Waals surface area contributed by atoms with Crippen LogP contribution in [0, 0.1) is 5.92 Å². The Balaban J connectivity index is 3.82. The van der Waals surface area contributed by atoms with Crippen molar-refractivity contribution in [3.8, 4) is 0 Å². The predicted molar refractivity (Wildman–Crippen MR) is 48.7 cm³/mol. The first-order valence-electron chi connectivity index (χ1n) is 3.48. The molecule has 1 unspecified atom stereocenters. The summed E-state index contributed by atoms with van der Waals surface area (Å²) in [6.45, 7) is 4.14. The van der Waals surface area contributed by atoms with Crippen LogP contribution < -0.4 is 0 Å². The Labute approximate surface area is 75.7 Å². The summed E-state index contributed by atoms with van der Waals surface area (Å²) in [7, 11) is 1.37. The van der Waals surface area contributed by atoms with Gasteiger partial charge in [0.2, 0.25) is 0 Å². The minimum atomic E-state index is -0.310. The van der Waals surface area contributed by atoms with Gasteiger partial charge in [-0.1, -0.05) is 35.9 Å². The van der Waals surface area contributed by atoms with Gasteiger partial charge in [-0.25, -0.2) is 4.79 Å². The summed E-state index contributed by atoms with van der Waals surface area (Å²) in [5, 5.41) is 0. The van der Waals surface area contributed by atoms with Gasteiger partial charge in [-0.05, 0) is 5.92 Å². The Bertz CT molecular complexity index is 152. The first-order valence-corrected chi connectivity index (χ1v) is 4.39. The fraction of sp³-hybridized carbons (Fsp3) is 0.625. The van der Waals surface area contributed by atoms with Crippen LogP contribution in [-0.4, -0.2) is 17.9 Å². The molecule has 0 N–H and O–H groups in total. The second-order valence-corrected chi connectivity index (χ2v) is 3.63. The summed E-state index contributed by atoms with van der Waals surface area (Å²) < 4.78 is 4.43. The Morgan fingerprint density at radius 2 is 2.09 bits per heavy atom. The van der Waals surface area contributed by atoms with Gasteiger partial charge in [0.1, 0.15) is 0 Å². The van der Waals surface area contributed by atoms with Crippen molar-refractivity contribution in [1.82, 2.24) is 0 Å². The fourth-order valence-electron chi connectivity index (χ4n) is 0.461. The maximum Gasteiger partial charge on any atom is 0.330 e. The fourth-order valence-corrected chi connectivity index (χ4v) is 0.613. The standard InChI is InChI=1S/C8H13BrO2/c1-6(2)7(9)4-5-8(10)11-3/h4-7H,1-3H3. The number of hydrogen-bond donors (Lipinski definition) is 0. The van der Waals surface area contributed by atoms with Gasteiger partial charge in [0.15, 0.2) is 0 Å². The first kappa shape index (κ1) is 10.7. The molecule has 0 aliphatic rings. The number of esters is 1. The summed E-state index contributed by atoms with van der Waals surface area (Å²) in [6.07, 6.45) is 3.22. The van der Waals surface area contributed by atoms with Gasteiger partial charge in [-0.15, -0.1) is 0 Å². The van der Waals surface area contributed by atoms with Crippen LogP contribution in [0.2, 0.25) is 0 Å². The van der Waals surface area contributed by atoms with Crippen LogP contribution in [0.3, 0.4) is 0 Å². The van der Waals surface area contributed by atoms with Gasteiger partial charge in [0.05, 0.1) is 7.11 Å². The van der Waals surface area contributed by atoms with Crippen molar-refractivity contribution in [2.24, 2.45) is 5.92 Å². The zero-order chi connectivity index (χ0) is 8.85. The third-order valence-electron chi connectivity index (χ3n) is 1.25. The molecule has 0 amide bonds. The van der Waals surface area contributed by atoms with Gasteiger partial charge < -0.3 is 4.74 Å². The summed E-state index contributed by atoms with van der Waals surface area (Å²) in [5.74, 6) is 0.172. The van der Waals surface area contributed by atoms with Crippen LogP contribution in [0.25, 0.3) is 0 Å². The average molecular weight is 221 g/mol. The lowest BCUT2D eigenvalue weighted by Gasteiger charge is -2.06. The summed E-state index contributed by atoms with van der Waals surface area (Å²) in [6, 6.07) is 0. The topological polar surface area (TPSA) is 26.3 Å². The van der Waals surface area contributed by atoms with E-state index < -0.39 is 0 Å². The number of alkyl halides is 1. The third-order valence-corrected chi connectivity index (χ3v) is 2.62. The van der Waals surface area contributed by atoms with E-state index in [1.165, 1.54) is 13.2 Å². The number of carbonyl (C=O) groups excluding carboxylic acids is 1. The molecule has 0 spiro atoms. The van der Waals surface area contributed by atoms with Crippen molar-refractivity contribution >= 4 is 21.9 Å². The van der Waals surface area contributed by atoms with E-state index in [1.807, 2.05) is 0 Å². The highest BCUT2D eigenvalue weighted by molar-refractivity contribution is 9.09. The van der Waals surface area contributed by atoms with Gasteiger partial charge >= 0.3 is 5.97 Å². The molecule has 0 aromatic heterocycles. The minimum absolute atomic E-state index is 0.238. The predicted octanol–water partition coefficient (Wildman–Crippen LogP) is 2.14. The molecule has 0 aromatic carbocycles. The Kier molecular flexibility index (Phi) is 5.20. The SMILES string of the molecule is COC(=O)C=CC(Br)C(C)C. The maximum atomic E-state index is 10.6. The normalized spacial score (nSPS) is 13.9. The van der Waals surface area contributed by atoms with E-state index in [4.69, 9.17) is 0 Å². The zero-order valence-electron chi connectivity index (χ0n) is 7.00. The maximum absolute atomic E-state index is 10.6. The highest BCUT2D eigenvalue weighted by atomic mass is 79.9. The molecular formula is C8H13BrO2. The molecule has 64 valence electrons. The van der Waals surface area contributed by atoms with Crippen molar-refractivity contribution in [3.05, 3.63) is 12.2 Å². The second-order valence-electron chi connectivity index (χ2n) is 2.57. The molecule has 0 aliphatic heterocycles. The number of carbonyl (C=O) groups is 1. The van der Waals surface area contributed by atoms with E-state index in [2.05, 4.69) is 34.5 Å². The molecule has 0 saturated carbocycles. The lowest BCUT2D eigenvalue weighted by Crippen LogP contribution is -2.04. The quantitative estimate of drug-likeness (QED) is 0.414. The lowest BCUT2D eigenvalue weighted by molar-refractivity contribution is -0.134. The monoisotopic (exact) mass is 220 g/mol. The molecule has 0 fully saturated rings. The van der Waals surface area contributed by atoms with Gasteiger partial charge in [0.25, 0.3) is 0 Å². The summed E-state index contributed by atoms with van der Waals surface area (Å²) in [5.41, 5.74) is 0. The number of hydrogen-bond acceptors (Lipinski definition) is 2. The molecule has 0 saturated heterocycles. The van der Waals surface area contributed by atoms with Crippen LogP contribution in [0.1, 0.15) is 13.8 Å². The molecule has 11 heavy (non-hydrogen) atoms. The van der Waals surface area contributed by atoms with Gasteiger partial charge in [-0.2, -0.15) is 0 Å². The molecular weight excluding hydrogens is 208 g/mol. The van der Waals surface area contributed by atoms with E-state index in [0.717, 1.165) is 0 Å². The largest absolute Gasteiger partial charge is 0.466 e. The molecule has 1 atom stereocenters. The first-order chi connectivity index (χ1) is 5.07. The number of ether oxygens (including phenoxy) is 1. The summed E-state index contributed by atoms with van der Waals surface area (Å²) in [4.78, 5) is 10.8. The average Bonchev–Trinajstić information content (AvgIpc) is 1.99. The van der Waals surface area contributed by atoms with E-state index in [1.54, 1.807) is 6.08 Å². The van der Waals surface area contributed by atoms with Crippen molar-refractivity contribution < 1.29 is 9.53 Å². The van der Waals surface area contributed by atoms with Gasteiger partial charge in [-0.3, -0.25) is 0 Å². The molecule has 0 heterocycles. The Hall–Kier alpha value is -0.310. The third kappa shape index (κ3) is 5.01. The van der Waals surface area contributed by atoms with Crippen LogP contribution in [-0.2, 0) is 9.53 Å². The van der Waals surface area contributed by atoms with Crippen molar-refractivity contribution in [3.63, 3.8) is 0 Å². The summed E-state index contributed by atoms with van der Waals surface area (Å²) >= 11 is 3.41. The smallest absolute Gasteiger partial charge is 0.330 e. The van der Waals surface area contributed by atoms with Gasteiger partial charge in [0, 0.05) is 10.9 Å². The number of methoxy groups -OCH3 is 1. The van der Waals surface area contributed by atoms with Crippen molar-refractivity contribution in [2.45, 2.75) is 18.7 Å². The highest BCUT2D eigenvalue weighted by Crippen LogP contribution is 2.12. The Morgan fingerprint density at radius 3 is 2.45 bits per heavy atom. The highest BCUT2D eigenvalue weighted by Gasteiger charge is 2.04. The van der Waals surface area contributed by atoms with E-state index in [9.17, 15) is 4.79 Å². The molecule has 2 nitrogen and oxygen atoms in total. The Morgan fingerprint density at radius 1 is 1.55 bits per heavy atom. The molecule has 0 bridgehead atoms. The van der Waals surface area contributed by atoms with E-state index >= 15 is 0 Å². The molecule has 0 radical (unpaired) electrons. The number of halogens is 1. The molecule has 3 heteroatoms. The zero-order valence-corrected chi connectivity index (χ0v) is 8.59. The van der Waals surface area contributed by atoms with Crippen molar-refractivity contribution in [2.75, 3.05) is 7.11 Å². The van der Waals surface area contributed by atoms with Crippen LogP contribution >= 0.6 is 15.9 Å². The second kappa shape index (κ2) is 5.35. The van der Waals surface area contributed by atoms with Crippen LogP contribution in [0.4, 0.5) is 0 Å². The minimum Gasteiger partial charge on any atom is -0.466 e. The molecule has 0 aromatic rings. The lowest BCUT2D eigenvalue weighted by atomic mass is 10.1. The molecule has 0 aliphatic carbocycles. The van der Waals surface area contributed by atoms with E-state index in [0.29, 0.717) is 5.92 Å². The molecule has 0 rings (SSSR count).